The van der Waals surface area contributed by atoms with Gasteiger partial charge in [-0.05, 0) is 43.7 Å². The molecule has 0 bridgehead atoms. The van der Waals surface area contributed by atoms with Gasteiger partial charge in [0.1, 0.15) is 11.3 Å². The molecule has 1 unspecified atom stereocenters. The van der Waals surface area contributed by atoms with Crippen LogP contribution in [0.4, 0.5) is 0 Å². The van der Waals surface area contributed by atoms with Gasteiger partial charge in [0.05, 0.1) is 6.10 Å². The van der Waals surface area contributed by atoms with E-state index in [1.807, 2.05) is 0 Å². The van der Waals surface area contributed by atoms with Crippen LogP contribution < -0.4 is 10.9 Å². The topological polar surface area (TPSA) is 102 Å². The van der Waals surface area contributed by atoms with Crippen molar-refractivity contribution in [1.29, 1.82) is 0 Å². The number of likely N-dealkylation sites (N-methyl/N-ethyl adjacent to an activating group) is 1. The number of hydrogen-bond acceptors (Lipinski definition) is 4. The number of H-pyrrole nitrogens is 1. The van der Waals surface area contributed by atoms with Crippen molar-refractivity contribution in [3.8, 4) is 0 Å². The number of aliphatic hydroxyl groups excluding tert-OH is 1. The number of benzene rings is 1. The molecular formula is C19H22ClN3O4. The summed E-state index contributed by atoms with van der Waals surface area (Å²) in [6, 6.07) is 9.68. The molecule has 2 aromatic rings. The number of carbonyl (C=O) groups excluding carboxylic acids is 2. The molecule has 0 saturated carbocycles. The fourth-order valence-electron chi connectivity index (χ4n) is 2.50. The van der Waals surface area contributed by atoms with Crippen LogP contribution in [0.5, 0.6) is 0 Å². The molecule has 1 heterocycles. The minimum Gasteiger partial charge on any atom is -0.392 e. The number of halogens is 1. The number of aliphatic hydroxyl groups is 1. The average molecular weight is 392 g/mol. The van der Waals surface area contributed by atoms with E-state index in [4.69, 9.17) is 11.6 Å². The summed E-state index contributed by atoms with van der Waals surface area (Å²) in [5, 5.41) is 12.7. The lowest BCUT2D eigenvalue weighted by Crippen LogP contribution is -2.38. The predicted octanol–water partition coefficient (Wildman–Crippen LogP) is 1.80. The predicted molar refractivity (Wildman–Crippen MR) is 103 cm³/mol. The van der Waals surface area contributed by atoms with E-state index in [9.17, 15) is 19.5 Å². The number of carbonyl (C=O) groups is 2. The molecular weight excluding hydrogens is 370 g/mol. The molecule has 0 saturated heterocycles. The second-order valence-electron chi connectivity index (χ2n) is 6.12. The zero-order chi connectivity index (χ0) is 20.0. The van der Waals surface area contributed by atoms with Crippen LogP contribution in [0.1, 0.15) is 40.3 Å². The van der Waals surface area contributed by atoms with Crippen LogP contribution in [0.15, 0.2) is 41.2 Å². The van der Waals surface area contributed by atoms with E-state index in [-0.39, 0.29) is 24.3 Å². The van der Waals surface area contributed by atoms with Crippen LogP contribution in [0.3, 0.4) is 0 Å². The number of aromatic nitrogens is 1. The van der Waals surface area contributed by atoms with Crippen LogP contribution in [-0.4, -0.2) is 46.0 Å². The van der Waals surface area contributed by atoms with E-state index >= 15 is 0 Å². The Labute approximate surface area is 162 Å². The molecule has 7 nitrogen and oxygen atoms in total. The summed E-state index contributed by atoms with van der Waals surface area (Å²) in [5.74, 6) is -0.954. The first-order valence-corrected chi connectivity index (χ1v) is 8.93. The van der Waals surface area contributed by atoms with Gasteiger partial charge in [-0.1, -0.05) is 23.7 Å². The summed E-state index contributed by atoms with van der Waals surface area (Å²) < 4.78 is 0. The van der Waals surface area contributed by atoms with E-state index < -0.39 is 23.5 Å². The summed E-state index contributed by atoms with van der Waals surface area (Å²) in [4.78, 5) is 40.7. The van der Waals surface area contributed by atoms with Crippen LogP contribution >= 0.6 is 11.6 Å². The Morgan fingerprint density at radius 3 is 2.44 bits per heavy atom. The highest BCUT2D eigenvalue weighted by Crippen LogP contribution is 2.09. The van der Waals surface area contributed by atoms with Crippen molar-refractivity contribution in [2.75, 3.05) is 13.1 Å². The highest BCUT2D eigenvalue weighted by atomic mass is 35.5. The molecule has 2 rings (SSSR count). The lowest BCUT2D eigenvalue weighted by atomic mass is 10.2. The Bertz CT molecular complexity index is 862. The van der Waals surface area contributed by atoms with Crippen molar-refractivity contribution in [2.45, 2.75) is 26.5 Å². The van der Waals surface area contributed by atoms with Crippen molar-refractivity contribution < 1.29 is 14.7 Å². The van der Waals surface area contributed by atoms with E-state index in [1.165, 1.54) is 17.0 Å². The minimum absolute atomic E-state index is 0.0664. The molecule has 0 spiro atoms. The van der Waals surface area contributed by atoms with Crippen LogP contribution in [0.2, 0.25) is 5.02 Å². The maximum atomic E-state index is 12.4. The minimum atomic E-state index is -0.682. The number of aromatic amines is 1. The number of nitrogens with one attached hydrogen (secondary N) is 2. The van der Waals surface area contributed by atoms with E-state index in [2.05, 4.69) is 10.3 Å². The van der Waals surface area contributed by atoms with Crippen molar-refractivity contribution >= 4 is 23.4 Å². The van der Waals surface area contributed by atoms with Gasteiger partial charge < -0.3 is 20.3 Å². The van der Waals surface area contributed by atoms with Crippen molar-refractivity contribution in [2.24, 2.45) is 0 Å². The standard InChI is InChI=1S/C19H22ClN3O4/c1-3-23(11-12(2)24)19(27)16-9-8-15(18(26)22-16)17(25)21-10-13-4-6-14(20)7-5-13/h4-9,12,24H,3,10-11H2,1-2H3,(H,21,25)(H,22,26). The number of rotatable bonds is 7. The number of amides is 2. The maximum Gasteiger partial charge on any atom is 0.270 e. The first-order chi connectivity index (χ1) is 12.8. The Morgan fingerprint density at radius 2 is 1.89 bits per heavy atom. The zero-order valence-electron chi connectivity index (χ0n) is 15.2. The Kier molecular flexibility index (Phi) is 7.15. The molecule has 144 valence electrons. The smallest absolute Gasteiger partial charge is 0.270 e. The first kappa shape index (κ1) is 20.7. The molecule has 0 radical (unpaired) electrons. The molecule has 27 heavy (non-hydrogen) atoms. The van der Waals surface area contributed by atoms with Gasteiger partial charge in [-0.15, -0.1) is 0 Å². The molecule has 0 fully saturated rings. The largest absolute Gasteiger partial charge is 0.392 e. The van der Waals surface area contributed by atoms with E-state index in [0.29, 0.717) is 11.6 Å². The highest BCUT2D eigenvalue weighted by molar-refractivity contribution is 6.30. The summed E-state index contributed by atoms with van der Waals surface area (Å²) >= 11 is 5.81. The van der Waals surface area contributed by atoms with Gasteiger partial charge in [-0.2, -0.15) is 0 Å². The quantitative estimate of drug-likeness (QED) is 0.669. The maximum absolute atomic E-state index is 12.4. The molecule has 8 heteroatoms. The summed E-state index contributed by atoms with van der Waals surface area (Å²) in [7, 11) is 0. The second kappa shape index (κ2) is 9.34. The third-order valence-corrected chi connectivity index (χ3v) is 4.16. The van der Waals surface area contributed by atoms with Crippen molar-refractivity contribution in [3.63, 3.8) is 0 Å². The molecule has 3 N–H and O–H groups in total. The van der Waals surface area contributed by atoms with E-state index in [0.717, 1.165) is 5.56 Å². The lowest BCUT2D eigenvalue weighted by Gasteiger charge is -2.22. The van der Waals surface area contributed by atoms with Gasteiger partial charge in [0, 0.05) is 24.7 Å². The molecule has 0 aliphatic rings. The normalized spacial score (nSPS) is 11.7. The number of pyridine rings is 1. The SMILES string of the molecule is CCN(CC(C)O)C(=O)c1ccc(C(=O)NCc2ccc(Cl)cc2)c(=O)[nH]1. The number of hydrogen-bond donors (Lipinski definition) is 3. The van der Waals surface area contributed by atoms with Gasteiger partial charge in [0.2, 0.25) is 0 Å². The van der Waals surface area contributed by atoms with Gasteiger partial charge in [-0.25, -0.2) is 0 Å². The molecule has 1 atom stereocenters. The third kappa shape index (κ3) is 5.67. The Balaban J connectivity index is 2.08. The van der Waals surface area contributed by atoms with Crippen LogP contribution in [-0.2, 0) is 6.54 Å². The molecule has 1 aromatic heterocycles. The van der Waals surface area contributed by atoms with Gasteiger partial charge in [-0.3, -0.25) is 14.4 Å². The van der Waals surface area contributed by atoms with Crippen LogP contribution in [0, 0.1) is 0 Å². The Hall–Kier alpha value is -2.64. The first-order valence-electron chi connectivity index (χ1n) is 8.55. The average Bonchev–Trinajstić information content (AvgIpc) is 2.64. The fourth-order valence-corrected chi connectivity index (χ4v) is 2.63. The van der Waals surface area contributed by atoms with Gasteiger partial charge >= 0.3 is 0 Å². The Morgan fingerprint density at radius 1 is 1.22 bits per heavy atom. The fraction of sp³-hybridized carbons (Fsp3) is 0.316. The summed E-state index contributed by atoms with van der Waals surface area (Å²) in [6.45, 7) is 4.13. The summed E-state index contributed by atoms with van der Waals surface area (Å²) in [6.07, 6.45) is -0.682. The monoisotopic (exact) mass is 391 g/mol. The van der Waals surface area contributed by atoms with Crippen molar-refractivity contribution in [3.05, 3.63) is 68.6 Å². The van der Waals surface area contributed by atoms with E-state index in [1.54, 1.807) is 38.1 Å². The zero-order valence-corrected chi connectivity index (χ0v) is 15.9. The molecule has 0 aliphatic carbocycles. The van der Waals surface area contributed by atoms with Gasteiger partial charge in [0.15, 0.2) is 0 Å². The second-order valence-corrected chi connectivity index (χ2v) is 6.55. The number of nitrogens with zero attached hydrogens (tertiary/aromatic N) is 1. The van der Waals surface area contributed by atoms with Gasteiger partial charge in [0.25, 0.3) is 17.4 Å². The highest BCUT2D eigenvalue weighted by Gasteiger charge is 2.18. The molecule has 2 amide bonds. The molecule has 0 aliphatic heterocycles. The molecule has 1 aromatic carbocycles. The van der Waals surface area contributed by atoms with Crippen LogP contribution in [0.25, 0.3) is 0 Å². The summed E-state index contributed by atoms with van der Waals surface area (Å²) in [5.41, 5.74) is 0.172. The van der Waals surface area contributed by atoms with Crippen molar-refractivity contribution in [1.82, 2.24) is 15.2 Å². The third-order valence-electron chi connectivity index (χ3n) is 3.90. The lowest BCUT2D eigenvalue weighted by molar-refractivity contribution is 0.0654.